The molecule has 4 rings (SSSR count). The number of hydrogen-bond acceptors (Lipinski definition) is 6. The molecule has 0 amide bonds. The Hall–Kier alpha value is -2.51. The van der Waals surface area contributed by atoms with Crippen molar-refractivity contribution in [3.8, 4) is 0 Å². The van der Waals surface area contributed by atoms with E-state index >= 15 is 0 Å². The van der Waals surface area contributed by atoms with Gasteiger partial charge < -0.3 is 9.64 Å². The number of aryl methyl sites for hydroxylation is 1. The first-order valence-electron chi connectivity index (χ1n) is 8.97. The molecule has 0 aromatic carbocycles. The molecule has 1 unspecified atom stereocenters. The summed E-state index contributed by atoms with van der Waals surface area (Å²) in [5.74, 6) is 0.757. The van der Waals surface area contributed by atoms with E-state index in [2.05, 4.69) is 4.98 Å². The number of nitrogens with zero attached hydrogens (tertiary/aromatic N) is 4. The van der Waals surface area contributed by atoms with Crippen LogP contribution in [0.25, 0.3) is 26.1 Å². The topological polar surface area (TPSA) is 60.2 Å². The van der Waals surface area contributed by atoms with E-state index in [4.69, 9.17) is 9.72 Å². The van der Waals surface area contributed by atoms with Gasteiger partial charge >= 0.3 is 0 Å². The van der Waals surface area contributed by atoms with Gasteiger partial charge in [-0.1, -0.05) is 19.1 Å². The fourth-order valence-corrected chi connectivity index (χ4v) is 4.48. The lowest BCUT2D eigenvalue weighted by Crippen LogP contribution is -2.24. The summed E-state index contributed by atoms with van der Waals surface area (Å²) < 4.78 is 7.74. The molecule has 1 aliphatic carbocycles. The van der Waals surface area contributed by atoms with Crippen LogP contribution in [0, 0.1) is 0 Å². The molecule has 3 aromatic rings. The van der Waals surface area contributed by atoms with Crippen LogP contribution in [0.2, 0.25) is 0 Å². The van der Waals surface area contributed by atoms with E-state index in [1.807, 2.05) is 50.2 Å². The van der Waals surface area contributed by atoms with Gasteiger partial charge in [0.2, 0.25) is 0 Å². The van der Waals surface area contributed by atoms with E-state index in [0.29, 0.717) is 11.1 Å². The summed E-state index contributed by atoms with van der Waals surface area (Å²) in [5, 5.41) is 0.953. The maximum absolute atomic E-state index is 13.4. The number of methoxy groups -OCH3 is 1. The zero-order valence-corrected chi connectivity index (χ0v) is 16.7. The van der Waals surface area contributed by atoms with E-state index in [0.717, 1.165) is 39.4 Å². The Bertz CT molecular complexity index is 1140. The van der Waals surface area contributed by atoms with Crippen molar-refractivity contribution in [1.29, 1.82) is 0 Å². The van der Waals surface area contributed by atoms with Crippen molar-refractivity contribution in [1.82, 2.24) is 14.5 Å². The molecule has 1 atom stereocenters. The molecule has 27 heavy (non-hydrogen) atoms. The Morgan fingerprint density at radius 1 is 1.41 bits per heavy atom. The fourth-order valence-electron chi connectivity index (χ4n) is 3.45. The molecule has 7 heteroatoms. The van der Waals surface area contributed by atoms with Gasteiger partial charge in [-0.2, -0.15) is 0 Å². The Labute approximate surface area is 161 Å². The summed E-state index contributed by atoms with van der Waals surface area (Å²) in [6.45, 7) is 2.02. The van der Waals surface area contributed by atoms with Crippen LogP contribution in [0.1, 0.15) is 19.2 Å². The van der Waals surface area contributed by atoms with Gasteiger partial charge in [0.1, 0.15) is 20.9 Å². The monoisotopic (exact) mass is 382 g/mol. The Kier molecular flexibility index (Phi) is 4.57. The average Bonchev–Trinajstić information content (AvgIpc) is 3.07. The number of aromatic nitrogens is 3. The molecule has 3 heterocycles. The van der Waals surface area contributed by atoms with Crippen LogP contribution in [0.3, 0.4) is 0 Å². The van der Waals surface area contributed by atoms with Crippen LogP contribution in [0.5, 0.6) is 0 Å². The first kappa shape index (κ1) is 17.9. The average molecular weight is 382 g/mol. The quantitative estimate of drug-likeness (QED) is 0.692. The van der Waals surface area contributed by atoms with Gasteiger partial charge in [0, 0.05) is 39.5 Å². The van der Waals surface area contributed by atoms with Gasteiger partial charge in [-0.15, -0.1) is 11.3 Å². The maximum atomic E-state index is 13.4. The molecule has 0 saturated heterocycles. The summed E-state index contributed by atoms with van der Waals surface area (Å²) >= 11 is 1.41. The SMILES string of the molecule is CCc1nc2c(sc3nccc(N(C)C)c32)c(=O)n1C1=CCC(OC)C=C1. The zero-order valence-electron chi connectivity index (χ0n) is 15.9. The predicted octanol–water partition coefficient (Wildman–Crippen LogP) is 3.45. The van der Waals surface area contributed by atoms with E-state index in [1.54, 1.807) is 17.9 Å². The molecule has 0 spiro atoms. The second kappa shape index (κ2) is 6.90. The van der Waals surface area contributed by atoms with Gasteiger partial charge in [-0.25, -0.2) is 9.97 Å². The lowest BCUT2D eigenvalue weighted by atomic mass is 10.1. The van der Waals surface area contributed by atoms with E-state index in [9.17, 15) is 4.79 Å². The molecule has 0 aliphatic heterocycles. The summed E-state index contributed by atoms with van der Waals surface area (Å²) in [7, 11) is 5.67. The van der Waals surface area contributed by atoms with Crippen LogP contribution in [0.15, 0.2) is 35.3 Å². The van der Waals surface area contributed by atoms with Crippen LogP contribution >= 0.6 is 11.3 Å². The summed E-state index contributed by atoms with van der Waals surface area (Å²) in [6.07, 6.45) is 9.23. The van der Waals surface area contributed by atoms with E-state index in [-0.39, 0.29) is 11.7 Å². The van der Waals surface area contributed by atoms with Crippen molar-refractivity contribution < 1.29 is 4.74 Å². The highest BCUT2D eigenvalue weighted by Gasteiger charge is 2.20. The number of fused-ring (bicyclic) bond motifs is 3. The van der Waals surface area contributed by atoms with Gasteiger partial charge in [-0.05, 0) is 18.6 Å². The summed E-state index contributed by atoms with van der Waals surface area (Å²) in [5.41, 5.74) is 2.60. The molecule has 1 aliphatic rings. The second-order valence-electron chi connectivity index (χ2n) is 6.70. The Morgan fingerprint density at radius 3 is 2.85 bits per heavy atom. The third-order valence-electron chi connectivity index (χ3n) is 4.84. The van der Waals surface area contributed by atoms with Crippen molar-refractivity contribution in [3.63, 3.8) is 0 Å². The highest BCUT2D eigenvalue weighted by Crippen LogP contribution is 2.35. The highest BCUT2D eigenvalue weighted by molar-refractivity contribution is 7.25. The molecule has 0 saturated carbocycles. The number of rotatable bonds is 4. The van der Waals surface area contributed by atoms with Crippen molar-refractivity contribution in [3.05, 3.63) is 46.7 Å². The van der Waals surface area contributed by atoms with Gasteiger partial charge in [0.05, 0.1) is 17.2 Å². The number of hydrogen-bond donors (Lipinski definition) is 0. The molecular weight excluding hydrogens is 360 g/mol. The third kappa shape index (κ3) is 2.87. The van der Waals surface area contributed by atoms with Crippen LogP contribution in [0.4, 0.5) is 5.69 Å². The molecule has 0 fully saturated rings. The molecule has 3 aromatic heterocycles. The first-order valence-corrected chi connectivity index (χ1v) is 9.78. The lowest BCUT2D eigenvalue weighted by molar-refractivity contribution is 0.143. The maximum Gasteiger partial charge on any atom is 0.276 e. The van der Waals surface area contributed by atoms with Crippen molar-refractivity contribution in [2.75, 3.05) is 26.1 Å². The van der Waals surface area contributed by atoms with Gasteiger partial charge in [0.15, 0.2) is 0 Å². The number of thiophene rings is 1. The molecule has 0 bridgehead atoms. The molecule has 140 valence electrons. The van der Waals surface area contributed by atoms with Crippen molar-refractivity contribution >= 4 is 43.2 Å². The fraction of sp³-hybridized carbons (Fsp3) is 0.350. The number of allylic oxidation sites excluding steroid dienone is 2. The van der Waals surface area contributed by atoms with Gasteiger partial charge in [-0.3, -0.25) is 9.36 Å². The minimum atomic E-state index is -0.0312. The van der Waals surface area contributed by atoms with Crippen LogP contribution in [-0.2, 0) is 11.2 Å². The van der Waals surface area contributed by atoms with Crippen LogP contribution in [-0.4, -0.2) is 41.8 Å². The van der Waals surface area contributed by atoms with Crippen molar-refractivity contribution in [2.45, 2.75) is 25.9 Å². The first-order chi connectivity index (χ1) is 13.0. The zero-order chi connectivity index (χ0) is 19.1. The normalized spacial score (nSPS) is 16.9. The smallest absolute Gasteiger partial charge is 0.276 e. The van der Waals surface area contributed by atoms with Gasteiger partial charge in [0.25, 0.3) is 5.56 Å². The van der Waals surface area contributed by atoms with Crippen molar-refractivity contribution in [2.24, 2.45) is 0 Å². The molecule has 0 N–H and O–H groups in total. The number of pyridine rings is 1. The van der Waals surface area contributed by atoms with Crippen LogP contribution < -0.4 is 10.5 Å². The Morgan fingerprint density at radius 2 is 2.22 bits per heavy atom. The lowest BCUT2D eigenvalue weighted by Gasteiger charge is -2.18. The summed E-state index contributed by atoms with van der Waals surface area (Å²) in [6, 6.07) is 1.96. The minimum Gasteiger partial charge on any atom is -0.377 e. The number of ether oxygens (including phenoxy) is 1. The Balaban J connectivity index is 2.01. The largest absolute Gasteiger partial charge is 0.377 e. The van der Waals surface area contributed by atoms with E-state index < -0.39 is 0 Å². The minimum absolute atomic E-state index is 0.0312. The second-order valence-corrected chi connectivity index (χ2v) is 7.70. The van der Waals surface area contributed by atoms with E-state index in [1.165, 1.54) is 11.3 Å². The third-order valence-corrected chi connectivity index (χ3v) is 5.92. The summed E-state index contributed by atoms with van der Waals surface area (Å²) in [4.78, 5) is 25.7. The highest BCUT2D eigenvalue weighted by atomic mass is 32.1. The molecule has 6 nitrogen and oxygen atoms in total. The number of anilines is 1. The predicted molar refractivity (Wildman–Crippen MR) is 112 cm³/mol. The molecular formula is C20H22N4O2S. The molecule has 0 radical (unpaired) electrons. The standard InChI is InChI=1S/C20H22N4O2S/c1-5-15-22-17-16-14(23(2)3)10-11-21-19(16)27-18(17)20(25)24(15)12-6-8-13(26-4)9-7-12/h6-8,10-11,13H,5,9H2,1-4H3.